The highest BCUT2D eigenvalue weighted by atomic mass is 16.5. The van der Waals surface area contributed by atoms with Gasteiger partial charge in [-0.2, -0.15) is 0 Å². The Hall–Kier alpha value is -2.80. The van der Waals surface area contributed by atoms with Gasteiger partial charge in [0.15, 0.2) is 23.0 Å². The summed E-state index contributed by atoms with van der Waals surface area (Å²) in [6.07, 6.45) is 2.77. The van der Waals surface area contributed by atoms with Gasteiger partial charge in [0.1, 0.15) is 0 Å². The zero-order chi connectivity index (χ0) is 23.3. The predicted molar refractivity (Wildman–Crippen MR) is 125 cm³/mol. The van der Waals surface area contributed by atoms with Gasteiger partial charge in [0.2, 0.25) is 5.75 Å². The maximum atomic E-state index is 6.35. The zero-order valence-corrected chi connectivity index (χ0v) is 19.9. The Kier molecular flexibility index (Phi) is 7.96. The fourth-order valence-electron chi connectivity index (χ4n) is 4.69. The van der Waals surface area contributed by atoms with E-state index in [9.17, 15) is 0 Å². The molecule has 0 aliphatic heterocycles. The van der Waals surface area contributed by atoms with Crippen LogP contribution in [0.15, 0.2) is 24.3 Å². The molecule has 176 valence electrons. The van der Waals surface area contributed by atoms with Gasteiger partial charge in [0, 0.05) is 18.9 Å². The Labute approximate surface area is 190 Å². The van der Waals surface area contributed by atoms with Crippen molar-refractivity contribution < 1.29 is 28.4 Å². The van der Waals surface area contributed by atoms with Crippen LogP contribution in [0.4, 0.5) is 5.69 Å². The SMILES string of the molecule is CCCOc1c(N)cc([C@H]2CC[C@H](c3cc(OC)c(OC)c(OC)c3)[C@@H]2OC)cc1OC. The summed E-state index contributed by atoms with van der Waals surface area (Å²) in [6, 6.07) is 8.03. The van der Waals surface area contributed by atoms with E-state index in [2.05, 4.69) is 6.92 Å². The van der Waals surface area contributed by atoms with Crippen molar-refractivity contribution in [3.05, 3.63) is 35.4 Å². The maximum Gasteiger partial charge on any atom is 0.203 e. The lowest BCUT2D eigenvalue weighted by atomic mass is 9.89. The Bertz CT molecular complexity index is 891. The first-order chi connectivity index (χ1) is 15.5. The molecule has 0 aromatic heterocycles. The Morgan fingerprint density at radius 1 is 0.750 bits per heavy atom. The lowest BCUT2D eigenvalue weighted by Gasteiger charge is -2.26. The number of hydrogen-bond acceptors (Lipinski definition) is 7. The molecule has 7 heteroatoms. The third-order valence-corrected chi connectivity index (χ3v) is 6.17. The molecule has 0 spiro atoms. The molecule has 1 aliphatic rings. The van der Waals surface area contributed by atoms with Crippen LogP contribution in [0, 0.1) is 0 Å². The largest absolute Gasteiger partial charge is 0.493 e. The second kappa shape index (κ2) is 10.7. The van der Waals surface area contributed by atoms with Crippen LogP contribution in [0.3, 0.4) is 0 Å². The van der Waals surface area contributed by atoms with Crippen molar-refractivity contribution in [2.75, 3.05) is 47.9 Å². The number of hydrogen-bond donors (Lipinski definition) is 1. The second-order valence-corrected chi connectivity index (χ2v) is 7.94. The quantitative estimate of drug-likeness (QED) is 0.528. The van der Waals surface area contributed by atoms with Gasteiger partial charge in [-0.25, -0.2) is 0 Å². The van der Waals surface area contributed by atoms with Gasteiger partial charge >= 0.3 is 0 Å². The van der Waals surface area contributed by atoms with Crippen LogP contribution in [0.1, 0.15) is 49.1 Å². The first kappa shape index (κ1) is 23.9. The van der Waals surface area contributed by atoms with Crippen LogP contribution in [0.25, 0.3) is 0 Å². The van der Waals surface area contributed by atoms with Crippen LogP contribution in [0.5, 0.6) is 28.7 Å². The summed E-state index contributed by atoms with van der Waals surface area (Å²) in [4.78, 5) is 0. The molecule has 0 saturated heterocycles. The monoisotopic (exact) mass is 445 g/mol. The summed E-state index contributed by atoms with van der Waals surface area (Å²) in [6.45, 7) is 2.65. The minimum absolute atomic E-state index is 0.0377. The first-order valence-corrected chi connectivity index (χ1v) is 11.0. The van der Waals surface area contributed by atoms with Gasteiger partial charge in [0.05, 0.1) is 46.8 Å². The molecule has 2 N–H and O–H groups in total. The standard InChI is InChI=1S/C25H35NO6/c1-7-10-32-24-19(26)11-15(12-20(24)27-2)17-8-9-18(23(17)30-5)16-13-21(28-3)25(31-6)22(14-16)29-4/h11-14,17-18,23H,7-10,26H2,1-6H3/t17-,18-,23-/m1/s1. The van der Waals surface area contributed by atoms with Gasteiger partial charge in [-0.1, -0.05) is 6.92 Å². The van der Waals surface area contributed by atoms with E-state index < -0.39 is 0 Å². The van der Waals surface area contributed by atoms with Crippen LogP contribution in [0.2, 0.25) is 0 Å². The molecule has 32 heavy (non-hydrogen) atoms. The van der Waals surface area contributed by atoms with Crippen molar-refractivity contribution in [2.24, 2.45) is 0 Å². The van der Waals surface area contributed by atoms with Crippen molar-refractivity contribution in [3.63, 3.8) is 0 Å². The van der Waals surface area contributed by atoms with Gasteiger partial charge in [-0.3, -0.25) is 0 Å². The summed E-state index contributed by atoms with van der Waals surface area (Å²) in [7, 11) is 8.26. The molecule has 2 aromatic rings. The smallest absolute Gasteiger partial charge is 0.203 e. The van der Waals surface area contributed by atoms with Gasteiger partial charge in [0.25, 0.3) is 0 Å². The molecule has 3 atom stereocenters. The number of methoxy groups -OCH3 is 5. The van der Waals surface area contributed by atoms with E-state index in [1.165, 1.54) is 0 Å². The van der Waals surface area contributed by atoms with Gasteiger partial charge in [-0.15, -0.1) is 0 Å². The number of rotatable bonds is 10. The average Bonchev–Trinajstić information content (AvgIpc) is 3.25. The second-order valence-electron chi connectivity index (χ2n) is 7.94. The summed E-state index contributed by atoms with van der Waals surface area (Å²) < 4.78 is 34.0. The van der Waals surface area contributed by atoms with E-state index in [-0.39, 0.29) is 17.9 Å². The normalized spacial score (nSPS) is 20.1. The third-order valence-electron chi connectivity index (χ3n) is 6.17. The Morgan fingerprint density at radius 3 is 1.69 bits per heavy atom. The molecule has 1 saturated carbocycles. The highest BCUT2D eigenvalue weighted by Crippen LogP contribution is 2.50. The summed E-state index contributed by atoms with van der Waals surface area (Å²) in [5, 5.41) is 0. The van der Waals surface area contributed by atoms with Crippen molar-refractivity contribution in [1.29, 1.82) is 0 Å². The van der Waals surface area contributed by atoms with E-state index >= 15 is 0 Å². The Balaban J connectivity index is 1.96. The molecule has 0 amide bonds. The molecule has 0 unspecified atom stereocenters. The first-order valence-electron chi connectivity index (χ1n) is 11.0. The minimum atomic E-state index is -0.0377. The number of nitrogens with two attached hydrogens (primary N) is 1. The van der Waals surface area contributed by atoms with E-state index in [4.69, 9.17) is 34.2 Å². The third kappa shape index (κ3) is 4.53. The number of ether oxygens (including phenoxy) is 6. The van der Waals surface area contributed by atoms with E-state index in [0.717, 1.165) is 30.4 Å². The molecular formula is C25H35NO6. The fourth-order valence-corrected chi connectivity index (χ4v) is 4.69. The van der Waals surface area contributed by atoms with Crippen LogP contribution in [-0.4, -0.2) is 48.3 Å². The van der Waals surface area contributed by atoms with Crippen molar-refractivity contribution in [2.45, 2.75) is 44.1 Å². The summed E-state index contributed by atoms with van der Waals surface area (Å²) >= 11 is 0. The lowest BCUT2D eigenvalue weighted by Crippen LogP contribution is -2.21. The van der Waals surface area contributed by atoms with Crippen molar-refractivity contribution in [1.82, 2.24) is 0 Å². The van der Waals surface area contributed by atoms with Gasteiger partial charge in [-0.05, 0) is 54.7 Å². The summed E-state index contributed by atoms with van der Waals surface area (Å²) in [5.74, 6) is 3.46. The van der Waals surface area contributed by atoms with E-state index in [1.54, 1.807) is 35.5 Å². The van der Waals surface area contributed by atoms with Crippen LogP contribution < -0.4 is 29.4 Å². The zero-order valence-electron chi connectivity index (χ0n) is 19.9. The maximum absolute atomic E-state index is 6.35. The summed E-state index contributed by atoms with van der Waals surface area (Å²) in [5.41, 5.74) is 9.12. The molecule has 0 heterocycles. The van der Waals surface area contributed by atoms with Crippen LogP contribution in [-0.2, 0) is 4.74 Å². The van der Waals surface area contributed by atoms with Crippen LogP contribution >= 0.6 is 0 Å². The highest BCUT2D eigenvalue weighted by molar-refractivity contribution is 5.63. The molecule has 7 nitrogen and oxygen atoms in total. The average molecular weight is 446 g/mol. The molecule has 2 aromatic carbocycles. The highest BCUT2D eigenvalue weighted by Gasteiger charge is 2.39. The molecule has 0 bridgehead atoms. The molecule has 0 radical (unpaired) electrons. The molecular weight excluding hydrogens is 410 g/mol. The molecule has 1 fully saturated rings. The van der Waals surface area contributed by atoms with Gasteiger partial charge < -0.3 is 34.2 Å². The van der Waals surface area contributed by atoms with Crippen molar-refractivity contribution >= 4 is 5.69 Å². The lowest BCUT2D eigenvalue weighted by molar-refractivity contribution is 0.0805. The van der Waals surface area contributed by atoms with E-state index in [1.807, 2.05) is 24.3 Å². The minimum Gasteiger partial charge on any atom is -0.493 e. The number of benzene rings is 2. The topological polar surface area (TPSA) is 81.4 Å². The number of anilines is 1. The van der Waals surface area contributed by atoms with E-state index in [0.29, 0.717) is 41.0 Å². The fraction of sp³-hybridized carbons (Fsp3) is 0.520. The predicted octanol–water partition coefficient (Wildman–Crippen LogP) is 4.77. The van der Waals surface area contributed by atoms with Crippen molar-refractivity contribution in [3.8, 4) is 28.7 Å². The molecule has 3 rings (SSSR count). The molecule has 1 aliphatic carbocycles. The Morgan fingerprint density at radius 2 is 1.25 bits per heavy atom. The number of nitrogen functional groups attached to an aromatic ring is 1.